The Morgan fingerprint density at radius 1 is 1.21 bits per heavy atom. The van der Waals surface area contributed by atoms with Crippen molar-refractivity contribution in [2.24, 2.45) is 5.41 Å². The number of sulfonamides is 1. The zero-order chi connectivity index (χ0) is 24.8. The topological polar surface area (TPSA) is 147 Å². The van der Waals surface area contributed by atoms with Crippen LogP contribution in [-0.4, -0.2) is 44.1 Å². The summed E-state index contributed by atoms with van der Waals surface area (Å²) in [5, 5.41) is 11.7. The Labute approximate surface area is 197 Å². The maximum atomic E-state index is 12.9. The molecule has 1 aromatic heterocycles. The van der Waals surface area contributed by atoms with Gasteiger partial charge >= 0.3 is 0 Å². The number of nitrogens with one attached hydrogen (secondary N) is 3. The number of amides is 2. The summed E-state index contributed by atoms with van der Waals surface area (Å²) in [5.74, 6) is -0.499. The second-order valence-corrected chi connectivity index (χ2v) is 11.1. The molecule has 2 aromatic rings. The van der Waals surface area contributed by atoms with Crippen molar-refractivity contribution in [2.75, 3.05) is 19.0 Å². The molecular weight excluding hydrogens is 468 g/mol. The third-order valence-electron chi connectivity index (χ3n) is 4.66. The number of hydrogen-bond donors (Lipinski definition) is 4. The Hall–Kier alpha value is -2.54. The van der Waals surface area contributed by atoms with Gasteiger partial charge in [0.25, 0.3) is 0 Å². The summed E-state index contributed by atoms with van der Waals surface area (Å²) in [4.78, 5) is 28.4. The van der Waals surface area contributed by atoms with Crippen LogP contribution < -0.4 is 20.3 Å². The average Bonchev–Trinajstić information content (AvgIpc) is 3.11. The van der Waals surface area contributed by atoms with Crippen LogP contribution in [-0.2, 0) is 19.6 Å². The number of carbonyl (C=O) groups is 2. The van der Waals surface area contributed by atoms with Crippen molar-refractivity contribution in [1.29, 1.82) is 0 Å². The molecule has 33 heavy (non-hydrogen) atoms. The van der Waals surface area contributed by atoms with E-state index in [1.807, 2.05) is 0 Å². The summed E-state index contributed by atoms with van der Waals surface area (Å²) < 4.78 is 33.6. The Balaban J connectivity index is 2.24. The van der Waals surface area contributed by atoms with E-state index in [2.05, 4.69) is 15.0 Å². The number of ether oxygens (including phenoxy) is 1. The molecule has 0 aliphatic carbocycles. The zero-order valence-electron chi connectivity index (χ0n) is 19.3. The summed E-state index contributed by atoms with van der Waals surface area (Å²) in [7, 11) is -2.51. The van der Waals surface area contributed by atoms with Crippen molar-refractivity contribution < 1.29 is 28.0 Å². The minimum atomic E-state index is -3.89. The molecule has 2 amide bonds. The number of thiazole rings is 1. The standard InChI is InChI=1S/C21H30N4O6S2/c1-13-18(32-20(23-13)24-19(27)21(2,3)4)14-9-10-15(31-5)16(12-14)33(29,30)22-11-7-6-8-17(26)25-28/h9-10,12,22,28H,6-8,11H2,1-5H3,(H,25,26)(H,23,24,27). The fraction of sp³-hybridized carbons (Fsp3) is 0.476. The van der Waals surface area contributed by atoms with Crippen molar-refractivity contribution in [1.82, 2.24) is 15.2 Å². The predicted octanol–water partition coefficient (Wildman–Crippen LogP) is 3.07. The van der Waals surface area contributed by atoms with Gasteiger partial charge in [0.2, 0.25) is 21.8 Å². The fourth-order valence-corrected chi connectivity index (χ4v) is 5.01. The quantitative estimate of drug-likeness (QED) is 0.224. The van der Waals surface area contributed by atoms with E-state index in [-0.39, 0.29) is 29.5 Å². The molecule has 10 nitrogen and oxygen atoms in total. The number of hydrogen-bond acceptors (Lipinski definition) is 8. The Bertz CT molecular complexity index is 1110. The monoisotopic (exact) mass is 498 g/mol. The van der Waals surface area contributed by atoms with Gasteiger partial charge in [0.05, 0.1) is 17.7 Å². The van der Waals surface area contributed by atoms with E-state index < -0.39 is 21.3 Å². The van der Waals surface area contributed by atoms with Gasteiger partial charge in [-0.05, 0) is 43.5 Å². The number of carbonyl (C=O) groups excluding carboxylic acids is 2. The highest BCUT2D eigenvalue weighted by atomic mass is 32.2. The van der Waals surface area contributed by atoms with E-state index in [1.54, 1.807) is 39.8 Å². The molecule has 0 bridgehead atoms. The molecule has 0 aliphatic rings. The number of rotatable bonds is 10. The van der Waals surface area contributed by atoms with E-state index in [1.165, 1.54) is 30.0 Å². The highest BCUT2D eigenvalue weighted by Crippen LogP contribution is 2.36. The summed E-state index contributed by atoms with van der Waals surface area (Å²) in [6.07, 6.45) is 0.921. The molecule has 0 unspecified atom stereocenters. The van der Waals surface area contributed by atoms with Crippen LogP contribution in [0.25, 0.3) is 10.4 Å². The SMILES string of the molecule is COc1ccc(-c2sc(NC(=O)C(C)(C)C)nc2C)cc1S(=O)(=O)NCCCCC(=O)NO. The molecular formula is C21H30N4O6S2. The van der Waals surface area contributed by atoms with Gasteiger partial charge in [0, 0.05) is 18.4 Å². The number of benzene rings is 1. The van der Waals surface area contributed by atoms with Crippen molar-refractivity contribution in [3.05, 3.63) is 23.9 Å². The minimum absolute atomic E-state index is 0.0244. The minimum Gasteiger partial charge on any atom is -0.495 e. The fourth-order valence-electron chi connectivity index (χ4n) is 2.78. The Morgan fingerprint density at radius 3 is 2.52 bits per heavy atom. The molecule has 0 radical (unpaired) electrons. The lowest BCUT2D eigenvalue weighted by molar-refractivity contribution is -0.129. The lowest BCUT2D eigenvalue weighted by atomic mass is 9.96. The number of hydroxylamine groups is 1. The van der Waals surface area contributed by atoms with Crippen LogP contribution in [0.2, 0.25) is 0 Å². The second-order valence-electron chi connectivity index (χ2n) is 8.39. The molecule has 182 valence electrons. The molecule has 12 heteroatoms. The van der Waals surface area contributed by atoms with Crippen LogP contribution in [0.3, 0.4) is 0 Å². The number of aryl methyl sites for hydroxylation is 1. The van der Waals surface area contributed by atoms with E-state index >= 15 is 0 Å². The number of anilines is 1. The molecule has 4 N–H and O–H groups in total. The molecule has 0 atom stereocenters. The van der Waals surface area contributed by atoms with Gasteiger partial charge in [-0.25, -0.2) is 23.6 Å². The first-order valence-electron chi connectivity index (χ1n) is 10.3. The van der Waals surface area contributed by atoms with Gasteiger partial charge in [0.1, 0.15) is 10.6 Å². The molecule has 0 saturated heterocycles. The lowest BCUT2D eigenvalue weighted by Gasteiger charge is -2.15. The Morgan fingerprint density at radius 2 is 1.91 bits per heavy atom. The summed E-state index contributed by atoms with van der Waals surface area (Å²) >= 11 is 1.26. The molecule has 0 spiro atoms. The largest absolute Gasteiger partial charge is 0.495 e. The maximum absolute atomic E-state index is 12.9. The highest BCUT2D eigenvalue weighted by molar-refractivity contribution is 7.89. The van der Waals surface area contributed by atoms with E-state index in [0.29, 0.717) is 29.2 Å². The van der Waals surface area contributed by atoms with Crippen LogP contribution in [0.5, 0.6) is 5.75 Å². The number of methoxy groups -OCH3 is 1. The smallest absolute Gasteiger partial charge is 0.244 e. The number of unbranched alkanes of at least 4 members (excludes halogenated alkanes) is 1. The van der Waals surface area contributed by atoms with Gasteiger partial charge in [-0.3, -0.25) is 14.8 Å². The van der Waals surface area contributed by atoms with Crippen molar-refractivity contribution >= 4 is 38.3 Å². The first kappa shape index (κ1) is 26.7. The first-order valence-corrected chi connectivity index (χ1v) is 12.6. The van der Waals surface area contributed by atoms with Crippen molar-refractivity contribution in [3.63, 3.8) is 0 Å². The van der Waals surface area contributed by atoms with Gasteiger partial charge < -0.3 is 10.1 Å². The average molecular weight is 499 g/mol. The second kappa shape index (κ2) is 11.1. The van der Waals surface area contributed by atoms with Crippen LogP contribution >= 0.6 is 11.3 Å². The van der Waals surface area contributed by atoms with Crippen molar-refractivity contribution in [3.8, 4) is 16.2 Å². The summed E-state index contributed by atoms with van der Waals surface area (Å²) in [6, 6.07) is 4.82. The third kappa shape index (κ3) is 7.22. The van der Waals surface area contributed by atoms with Crippen LogP contribution in [0.1, 0.15) is 45.7 Å². The van der Waals surface area contributed by atoms with Gasteiger partial charge in [-0.15, -0.1) is 0 Å². The van der Waals surface area contributed by atoms with E-state index in [4.69, 9.17) is 9.94 Å². The highest BCUT2D eigenvalue weighted by Gasteiger charge is 2.24. The molecule has 1 heterocycles. The van der Waals surface area contributed by atoms with Crippen molar-refractivity contribution in [2.45, 2.75) is 51.9 Å². The van der Waals surface area contributed by atoms with Gasteiger partial charge in [-0.2, -0.15) is 0 Å². The maximum Gasteiger partial charge on any atom is 0.244 e. The number of nitrogens with zero attached hydrogens (tertiary/aromatic N) is 1. The Kier molecular flexibility index (Phi) is 8.95. The van der Waals surface area contributed by atoms with Crippen LogP contribution in [0.15, 0.2) is 23.1 Å². The molecule has 1 aromatic carbocycles. The summed E-state index contributed by atoms with van der Waals surface area (Å²) in [5.41, 5.74) is 2.25. The van der Waals surface area contributed by atoms with E-state index in [0.717, 1.165) is 4.88 Å². The van der Waals surface area contributed by atoms with Crippen LogP contribution in [0.4, 0.5) is 5.13 Å². The van der Waals surface area contributed by atoms with Crippen LogP contribution in [0, 0.1) is 12.3 Å². The van der Waals surface area contributed by atoms with Gasteiger partial charge in [0.15, 0.2) is 5.13 Å². The predicted molar refractivity (Wildman–Crippen MR) is 126 cm³/mol. The summed E-state index contributed by atoms with van der Waals surface area (Å²) in [6.45, 7) is 7.32. The van der Waals surface area contributed by atoms with E-state index in [9.17, 15) is 18.0 Å². The molecule has 0 aliphatic heterocycles. The third-order valence-corrected chi connectivity index (χ3v) is 7.27. The number of aromatic nitrogens is 1. The zero-order valence-corrected chi connectivity index (χ0v) is 20.9. The molecule has 0 saturated carbocycles. The first-order chi connectivity index (χ1) is 15.4. The van der Waals surface area contributed by atoms with Gasteiger partial charge in [-0.1, -0.05) is 32.1 Å². The molecule has 0 fully saturated rings. The molecule has 2 rings (SSSR count). The lowest BCUT2D eigenvalue weighted by Crippen LogP contribution is -2.27. The normalized spacial score (nSPS) is 11.8.